The molecule has 16 heavy (non-hydrogen) atoms. The van der Waals surface area contributed by atoms with Crippen LogP contribution < -0.4 is 5.73 Å². The number of hydrogen-bond donors (Lipinski definition) is 1. The standard InChI is InChI=1S/C10H16N6/c1-8(11)10-7-16(14-13-10)4-3-9-5-12-15(2)6-9/h5-8H,3-4,11H2,1-2H3. The van der Waals surface area contributed by atoms with Gasteiger partial charge in [-0.25, -0.2) is 0 Å². The van der Waals surface area contributed by atoms with Gasteiger partial charge in [0.2, 0.25) is 0 Å². The Labute approximate surface area is 94.1 Å². The van der Waals surface area contributed by atoms with Gasteiger partial charge in [0.1, 0.15) is 0 Å². The van der Waals surface area contributed by atoms with Crippen molar-refractivity contribution in [2.75, 3.05) is 0 Å². The maximum Gasteiger partial charge on any atom is 0.0991 e. The van der Waals surface area contributed by atoms with E-state index in [1.54, 1.807) is 4.68 Å². The van der Waals surface area contributed by atoms with Crippen LogP contribution in [-0.4, -0.2) is 24.8 Å². The average molecular weight is 220 g/mol. The van der Waals surface area contributed by atoms with E-state index in [0.29, 0.717) is 0 Å². The molecule has 0 bridgehead atoms. The van der Waals surface area contributed by atoms with E-state index < -0.39 is 0 Å². The molecule has 0 saturated heterocycles. The second-order valence-corrected chi connectivity index (χ2v) is 3.97. The van der Waals surface area contributed by atoms with Crippen LogP contribution in [0, 0.1) is 0 Å². The first kappa shape index (κ1) is 10.8. The van der Waals surface area contributed by atoms with Crippen molar-refractivity contribution in [3.8, 4) is 0 Å². The molecule has 2 rings (SSSR count). The van der Waals surface area contributed by atoms with Crippen LogP contribution in [0.25, 0.3) is 0 Å². The number of nitrogens with zero attached hydrogens (tertiary/aromatic N) is 5. The molecule has 6 nitrogen and oxygen atoms in total. The van der Waals surface area contributed by atoms with Crippen molar-refractivity contribution in [3.63, 3.8) is 0 Å². The minimum Gasteiger partial charge on any atom is -0.323 e. The highest BCUT2D eigenvalue weighted by molar-refractivity contribution is 5.04. The molecule has 0 aliphatic rings. The summed E-state index contributed by atoms with van der Waals surface area (Å²) in [5.74, 6) is 0. The van der Waals surface area contributed by atoms with Crippen LogP contribution in [0.15, 0.2) is 18.6 Å². The molecule has 2 heterocycles. The van der Waals surface area contributed by atoms with E-state index in [2.05, 4.69) is 15.4 Å². The Hall–Kier alpha value is -1.69. The fourth-order valence-corrected chi connectivity index (χ4v) is 1.48. The Morgan fingerprint density at radius 3 is 2.81 bits per heavy atom. The first-order chi connectivity index (χ1) is 7.65. The molecule has 0 spiro atoms. The lowest BCUT2D eigenvalue weighted by molar-refractivity contribution is 0.588. The SMILES string of the molecule is CC(N)c1cn(CCc2cnn(C)c2)nn1. The third-order valence-corrected chi connectivity index (χ3v) is 2.41. The van der Waals surface area contributed by atoms with Gasteiger partial charge in [-0.15, -0.1) is 5.10 Å². The number of rotatable bonds is 4. The van der Waals surface area contributed by atoms with Gasteiger partial charge in [0.15, 0.2) is 0 Å². The molecule has 1 atom stereocenters. The lowest BCUT2D eigenvalue weighted by Crippen LogP contribution is -2.05. The summed E-state index contributed by atoms with van der Waals surface area (Å²) in [4.78, 5) is 0. The van der Waals surface area contributed by atoms with Gasteiger partial charge in [-0.1, -0.05) is 5.21 Å². The zero-order chi connectivity index (χ0) is 11.5. The minimum absolute atomic E-state index is 0.0628. The van der Waals surface area contributed by atoms with Crippen molar-refractivity contribution in [2.24, 2.45) is 12.8 Å². The number of hydrogen-bond acceptors (Lipinski definition) is 4. The first-order valence-corrected chi connectivity index (χ1v) is 5.28. The number of aryl methyl sites for hydroxylation is 3. The number of aromatic nitrogens is 5. The summed E-state index contributed by atoms with van der Waals surface area (Å²) in [6.07, 6.45) is 6.66. The fourth-order valence-electron chi connectivity index (χ4n) is 1.48. The molecule has 0 saturated carbocycles. The predicted molar refractivity (Wildman–Crippen MR) is 59.5 cm³/mol. The lowest BCUT2D eigenvalue weighted by Gasteiger charge is -1.98. The zero-order valence-corrected chi connectivity index (χ0v) is 9.54. The molecule has 0 aliphatic carbocycles. The van der Waals surface area contributed by atoms with Gasteiger partial charge in [-0.05, 0) is 18.9 Å². The van der Waals surface area contributed by atoms with Crippen LogP contribution in [-0.2, 0) is 20.0 Å². The van der Waals surface area contributed by atoms with Crippen molar-refractivity contribution in [1.29, 1.82) is 0 Å². The Balaban J connectivity index is 1.94. The summed E-state index contributed by atoms with van der Waals surface area (Å²) in [5, 5.41) is 12.1. The third kappa shape index (κ3) is 2.46. The van der Waals surface area contributed by atoms with Crippen molar-refractivity contribution in [1.82, 2.24) is 24.8 Å². The summed E-state index contributed by atoms with van der Waals surface area (Å²) in [7, 11) is 1.91. The van der Waals surface area contributed by atoms with Gasteiger partial charge in [0, 0.05) is 25.8 Å². The van der Waals surface area contributed by atoms with Crippen LogP contribution in [0.5, 0.6) is 0 Å². The second kappa shape index (κ2) is 4.44. The lowest BCUT2D eigenvalue weighted by atomic mass is 10.2. The van der Waals surface area contributed by atoms with Gasteiger partial charge in [-0.3, -0.25) is 9.36 Å². The monoisotopic (exact) mass is 220 g/mol. The molecule has 6 heteroatoms. The van der Waals surface area contributed by atoms with E-state index in [-0.39, 0.29) is 6.04 Å². The summed E-state index contributed by atoms with van der Waals surface area (Å²) >= 11 is 0. The molecule has 2 aromatic rings. The molecular weight excluding hydrogens is 204 g/mol. The molecule has 86 valence electrons. The largest absolute Gasteiger partial charge is 0.323 e. The van der Waals surface area contributed by atoms with E-state index in [4.69, 9.17) is 5.73 Å². The summed E-state index contributed by atoms with van der Waals surface area (Å²) in [6, 6.07) is -0.0628. The molecule has 0 aromatic carbocycles. The second-order valence-electron chi connectivity index (χ2n) is 3.97. The van der Waals surface area contributed by atoms with Gasteiger partial charge in [0.25, 0.3) is 0 Å². The summed E-state index contributed by atoms with van der Waals surface area (Å²) in [5.41, 5.74) is 7.73. The molecular formula is C10H16N6. The van der Waals surface area contributed by atoms with Crippen LogP contribution in [0.1, 0.15) is 24.2 Å². The van der Waals surface area contributed by atoms with Crippen molar-refractivity contribution in [2.45, 2.75) is 25.9 Å². The third-order valence-electron chi connectivity index (χ3n) is 2.41. The van der Waals surface area contributed by atoms with E-state index >= 15 is 0 Å². The Morgan fingerprint density at radius 2 is 2.25 bits per heavy atom. The quantitative estimate of drug-likeness (QED) is 0.802. The summed E-state index contributed by atoms with van der Waals surface area (Å²) in [6.45, 7) is 2.70. The predicted octanol–water partition coefficient (Wildman–Crippen LogP) is 0.274. The Kier molecular flexibility index (Phi) is 3.00. The highest BCUT2D eigenvalue weighted by Gasteiger charge is 2.05. The van der Waals surface area contributed by atoms with Crippen LogP contribution in [0.3, 0.4) is 0 Å². The molecule has 2 aromatic heterocycles. The highest BCUT2D eigenvalue weighted by atomic mass is 15.4. The minimum atomic E-state index is -0.0628. The van der Waals surface area contributed by atoms with E-state index in [9.17, 15) is 0 Å². The summed E-state index contributed by atoms with van der Waals surface area (Å²) < 4.78 is 3.61. The van der Waals surface area contributed by atoms with E-state index in [0.717, 1.165) is 18.7 Å². The molecule has 2 N–H and O–H groups in total. The Bertz CT molecular complexity index is 455. The zero-order valence-electron chi connectivity index (χ0n) is 9.54. The van der Waals surface area contributed by atoms with Crippen LogP contribution in [0.2, 0.25) is 0 Å². The van der Waals surface area contributed by atoms with Gasteiger partial charge in [-0.2, -0.15) is 5.10 Å². The van der Waals surface area contributed by atoms with Crippen molar-refractivity contribution < 1.29 is 0 Å². The smallest absolute Gasteiger partial charge is 0.0991 e. The fraction of sp³-hybridized carbons (Fsp3) is 0.500. The molecule has 1 unspecified atom stereocenters. The van der Waals surface area contributed by atoms with Crippen LogP contribution in [0.4, 0.5) is 0 Å². The van der Waals surface area contributed by atoms with Gasteiger partial charge in [0.05, 0.1) is 18.1 Å². The topological polar surface area (TPSA) is 74.6 Å². The Morgan fingerprint density at radius 1 is 1.44 bits per heavy atom. The van der Waals surface area contributed by atoms with Crippen molar-refractivity contribution >= 4 is 0 Å². The highest BCUT2D eigenvalue weighted by Crippen LogP contribution is 2.05. The number of nitrogens with two attached hydrogens (primary N) is 1. The van der Waals surface area contributed by atoms with Crippen LogP contribution >= 0.6 is 0 Å². The average Bonchev–Trinajstić information content (AvgIpc) is 2.83. The maximum atomic E-state index is 5.71. The molecule has 0 amide bonds. The maximum absolute atomic E-state index is 5.71. The van der Waals surface area contributed by atoms with Crippen molar-refractivity contribution in [3.05, 3.63) is 29.8 Å². The molecule has 0 fully saturated rings. The van der Waals surface area contributed by atoms with Gasteiger partial charge < -0.3 is 5.73 Å². The molecule has 0 aliphatic heterocycles. The normalized spacial score (nSPS) is 12.9. The van der Waals surface area contributed by atoms with Gasteiger partial charge >= 0.3 is 0 Å². The van der Waals surface area contributed by atoms with E-state index in [1.807, 2.05) is 37.2 Å². The van der Waals surface area contributed by atoms with E-state index in [1.165, 1.54) is 5.56 Å². The molecule has 0 radical (unpaired) electrons. The first-order valence-electron chi connectivity index (χ1n) is 5.28.